The van der Waals surface area contributed by atoms with E-state index >= 15 is 0 Å². The normalized spacial score (nSPS) is 36.9. The number of ether oxygens (including phenoxy) is 1. The number of amides is 2. The molecule has 0 aromatic carbocycles. The fraction of sp³-hybridized carbons (Fsp3) is 0.800. The second-order valence-corrected chi connectivity index (χ2v) is 6.01. The molecule has 2 aliphatic heterocycles. The molecule has 0 aromatic heterocycles. The van der Waals surface area contributed by atoms with Crippen molar-refractivity contribution in [1.82, 2.24) is 4.90 Å². The van der Waals surface area contributed by atoms with Crippen LogP contribution < -0.4 is 0 Å². The third-order valence-electron chi connectivity index (χ3n) is 3.04. The molecule has 2 heterocycles. The zero-order chi connectivity index (χ0) is 11.0. The predicted octanol–water partition coefficient (Wildman–Crippen LogP) is 1.96. The minimum absolute atomic E-state index is 0.0231. The van der Waals surface area contributed by atoms with Crippen molar-refractivity contribution in [2.24, 2.45) is 5.92 Å². The molecule has 4 nitrogen and oxygen atoms in total. The Hall–Kier alpha value is -0.330. The summed E-state index contributed by atoms with van der Waals surface area (Å²) in [6.45, 7) is 2.27. The highest BCUT2D eigenvalue weighted by molar-refractivity contribution is 14.1. The third kappa shape index (κ3) is 2.11. The third-order valence-corrected chi connectivity index (χ3v) is 4.17. The second kappa shape index (κ2) is 4.27. The van der Waals surface area contributed by atoms with Gasteiger partial charge in [0, 0.05) is 9.84 Å². The molecule has 0 aromatic rings. The highest BCUT2D eigenvalue weighted by Crippen LogP contribution is 2.29. The molecule has 15 heavy (non-hydrogen) atoms. The Kier molecular flexibility index (Phi) is 3.18. The Bertz CT molecular complexity index is 294. The van der Waals surface area contributed by atoms with Gasteiger partial charge in [-0.15, -0.1) is 0 Å². The van der Waals surface area contributed by atoms with Gasteiger partial charge in [0.1, 0.15) is 6.61 Å². The summed E-state index contributed by atoms with van der Waals surface area (Å²) in [6.07, 6.45) is 2.33. The topological polar surface area (TPSA) is 46.6 Å². The van der Waals surface area contributed by atoms with Gasteiger partial charge in [0.25, 0.3) is 0 Å². The summed E-state index contributed by atoms with van der Waals surface area (Å²) in [5.74, 6) is -0.135. The molecule has 0 unspecified atom stereocenters. The van der Waals surface area contributed by atoms with Crippen LogP contribution in [0.4, 0.5) is 4.79 Å². The van der Waals surface area contributed by atoms with E-state index in [1.807, 2.05) is 6.92 Å². The van der Waals surface area contributed by atoms with E-state index in [9.17, 15) is 9.59 Å². The largest absolute Gasteiger partial charge is 0.447 e. The number of rotatable bonds is 0. The van der Waals surface area contributed by atoms with Crippen LogP contribution in [0.2, 0.25) is 0 Å². The quantitative estimate of drug-likeness (QED) is 0.506. The van der Waals surface area contributed by atoms with Crippen LogP contribution in [-0.4, -0.2) is 33.5 Å². The molecule has 2 fully saturated rings. The lowest BCUT2D eigenvalue weighted by molar-refractivity contribution is -0.133. The van der Waals surface area contributed by atoms with E-state index in [2.05, 4.69) is 22.6 Å². The summed E-state index contributed by atoms with van der Waals surface area (Å²) in [4.78, 5) is 24.7. The lowest BCUT2D eigenvalue weighted by Crippen LogP contribution is -2.44. The van der Waals surface area contributed by atoms with Crippen LogP contribution >= 0.6 is 22.6 Å². The van der Waals surface area contributed by atoms with E-state index in [0.717, 1.165) is 19.3 Å². The van der Waals surface area contributed by atoms with Crippen molar-refractivity contribution in [3.8, 4) is 0 Å². The smallest absolute Gasteiger partial charge is 0.416 e. The SMILES string of the molecule is C[C@@H]1C[C@@H](I)CC[C@@H]2COC(=O)N2C1=O. The van der Waals surface area contributed by atoms with Gasteiger partial charge in [0.15, 0.2) is 0 Å². The Morgan fingerprint density at radius 3 is 2.87 bits per heavy atom. The average Bonchev–Trinajstić information content (AvgIpc) is 2.54. The van der Waals surface area contributed by atoms with Gasteiger partial charge in [0.05, 0.1) is 6.04 Å². The van der Waals surface area contributed by atoms with Gasteiger partial charge < -0.3 is 4.74 Å². The minimum atomic E-state index is -0.455. The van der Waals surface area contributed by atoms with Gasteiger partial charge >= 0.3 is 6.09 Å². The highest BCUT2D eigenvalue weighted by Gasteiger charge is 2.41. The van der Waals surface area contributed by atoms with Gasteiger partial charge in [-0.3, -0.25) is 4.79 Å². The van der Waals surface area contributed by atoms with Crippen molar-refractivity contribution in [1.29, 1.82) is 0 Å². The molecule has 0 radical (unpaired) electrons. The standard InChI is InChI=1S/C10H14INO3/c1-6-4-7(11)2-3-8-5-15-10(14)12(8)9(6)13/h6-8H,2-5H2,1H3/t6-,7+,8-/m1/s1. The molecule has 2 rings (SSSR count). The van der Waals surface area contributed by atoms with Crippen LogP contribution in [0.3, 0.4) is 0 Å². The van der Waals surface area contributed by atoms with Gasteiger partial charge in [-0.25, -0.2) is 9.69 Å². The molecule has 84 valence electrons. The number of alkyl halides is 1. The maximum atomic E-state index is 12.0. The van der Waals surface area contributed by atoms with Crippen molar-refractivity contribution < 1.29 is 14.3 Å². The molecular formula is C10H14INO3. The first kappa shape index (κ1) is 11.2. The fourth-order valence-corrected chi connectivity index (χ4v) is 3.28. The van der Waals surface area contributed by atoms with E-state index in [-0.39, 0.29) is 17.9 Å². The van der Waals surface area contributed by atoms with E-state index < -0.39 is 6.09 Å². The lowest BCUT2D eigenvalue weighted by atomic mass is 9.96. The van der Waals surface area contributed by atoms with Crippen LogP contribution in [0, 0.1) is 5.92 Å². The van der Waals surface area contributed by atoms with Crippen molar-refractivity contribution in [3.63, 3.8) is 0 Å². The number of halogens is 1. The first-order chi connectivity index (χ1) is 7.09. The Balaban J connectivity index is 2.19. The van der Waals surface area contributed by atoms with Crippen LogP contribution in [0.5, 0.6) is 0 Å². The van der Waals surface area contributed by atoms with Crippen LogP contribution in [-0.2, 0) is 9.53 Å². The summed E-state index contributed by atoms with van der Waals surface area (Å²) in [6, 6.07) is -0.0231. The molecule has 5 heteroatoms. The number of carbonyl (C=O) groups is 2. The molecule has 0 bridgehead atoms. The molecular weight excluding hydrogens is 309 g/mol. The van der Waals surface area contributed by atoms with Crippen molar-refractivity contribution in [2.75, 3.05) is 6.61 Å². The summed E-state index contributed by atoms with van der Waals surface area (Å²) in [5.41, 5.74) is 0. The molecule has 3 atom stereocenters. The Labute approximate surface area is 102 Å². The van der Waals surface area contributed by atoms with Gasteiger partial charge in [-0.2, -0.15) is 0 Å². The molecule has 0 aliphatic carbocycles. The maximum Gasteiger partial charge on any atom is 0.416 e. The summed E-state index contributed by atoms with van der Waals surface area (Å²) < 4.78 is 5.46. The first-order valence-corrected chi connectivity index (χ1v) is 6.48. The molecule has 0 spiro atoms. The molecule has 2 saturated heterocycles. The number of carbonyl (C=O) groups excluding carboxylic acids is 2. The summed E-state index contributed by atoms with van der Waals surface area (Å²) in [5, 5.41) is 0. The van der Waals surface area contributed by atoms with Crippen LogP contribution in [0.1, 0.15) is 26.2 Å². The fourth-order valence-electron chi connectivity index (χ4n) is 2.16. The Morgan fingerprint density at radius 2 is 2.13 bits per heavy atom. The van der Waals surface area contributed by atoms with Gasteiger partial charge in [-0.1, -0.05) is 29.5 Å². The monoisotopic (exact) mass is 323 g/mol. The number of cyclic esters (lactones) is 1. The van der Waals surface area contributed by atoms with Gasteiger partial charge in [0.2, 0.25) is 5.91 Å². The maximum absolute atomic E-state index is 12.0. The number of hydrogen-bond donors (Lipinski definition) is 0. The summed E-state index contributed by atoms with van der Waals surface area (Å²) >= 11 is 2.39. The second-order valence-electron chi connectivity index (χ2n) is 4.25. The molecule has 2 aliphatic rings. The first-order valence-electron chi connectivity index (χ1n) is 5.23. The van der Waals surface area contributed by atoms with Gasteiger partial charge in [-0.05, 0) is 19.3 Å². The molecule has 0 saturated carbocycles. The zero-order valence-electron chi connectivity index (χ0n) is 8.61. The van der Waals surface area contributed by atoms with E-state index in [1.54, 1.807) is 0 Å². The van der Waals surface area contributed by atoms with Crippen molar-refractivity contribution in [2.45, 2.75) is 36.2 Å². The number of imide groups is 1. The van der Waals surface area contributed by atoms with Crippen LogP contribution in [0.25, 0.3) is 0 Å². The zero-order valence-corrected chi connectivity index (χ0v) is 10.8. The van der Waals surface area contributed by atoms with E-state index in [0.29, 0.717) is 10.5 Å². The molecule has 0 N–H and O–H groups in total. The van der Waals surface area contributed by atoms with Crippen LogP contribution in [0.15, 0.2) is 0 Å². The van der Waals surface area contributed by atoms with E-state index in [1.165, 1.54) is 4.90 Å². The molecule has 2 amide bonds. The minimum Gasteiger partial charge on any atom is -0.447 e. The Morgan fingerprint density at radius 1 is 1.40 bits per heavy atom. The van der Waals surface area contributed by atoms with E-state index in [4.69, 9.17) is 4.74 Å². The number of fused-ring (bicyclic) bond motifs is 1. The average molecular weight is 323 g/mol. The lowest BCUT2D eigenvalue weighted by Gasteiger charge is -2.27. The number of hydrogen-bond acceptors (Lipinski definition) is 3. The predicted molar refractivity (Wildman–Crippen MR) is 62.8 cm³/mol. The summed E-state index contributed by atoms with van der Waals surface area (Å²) in [7, 11) is 0. The highest BCUT2D eigenvalue weighted by atomic mass is 127. The van der Waals surface area contributed by atoms with Crippen molar-refractivity contribution >= 4 is 34.6 Å². The number of nitrogens with zero attached hydrogens (tertiary/aromatic N) is 1. The van der Waals surface area contributed by atoms with Crippen molar-refractivity contribution in [3.05, 3.63) is 0 Å².